The summed E-state index contributed by atoms with van der Waals surface area (Å²) >= 11 is 3.49. The molecule has 0 radical (unpaired) electrons. The molecule has 0 bridgehead atoms. The lowest BCUT2D eigenvalue weighted by Crippen LogP contribution is -2.22. The van der Waals surface area contributed by atoms with E-state index in [2.05, 4.69) is 21.2 Å². The molecule has 0 heterocycles. The second kappa shape index (κ2) is 7.12. The van der Waals surface area contributed by atoms with Gasteiger partial charge >= 0.3 is 0 Å². The topological polar surface area (TPSA) is 50.7 Å². The van der Waals surface area contributed by atoms with Crippen LogP contribution in [-0.2, 0) is 6.54 Å². The van der Waals surface area contributed by atoms with Crippen molar-refractivity contribution in [1.29, 1.82) is 0 Å². The van der Waals surface area contributed by atoms with Gasteiger partial charge in [-0.2, -0.15) is 0 Å². The van der Waals surface area contributed by atoms with Gasteiger partial charge in [-0.05, 0) is 54.5 Å². The number of methoxy groups -OCH3 is 1. The predicted molar refractivity (Wildman–Crippen MR) is 79.9 cm³/mol. The molecule has 1 rings (SSSR count). The van der Waals surface area contributed by atoms with Gasteiger partial charge in [0.25, 0.3) is 0 Å². The molecule has 0 aliphatic rings. The number of nitrogens with one attached hydrogen (secondary N) is 1. The summed E-state index contributed by atoms with van der Waals surface area (Å²) < 4.78 is 11.9. The van der Waals surface area contributed by atoms with E-state index in [0.29, 0.717) is 24.5 Å². The van der Waals surface area contributed by atoms with E-state index in [1.165, 1.54) is 0 Å². The van der Waals surface area contributed by atoms with E-state index in [-0.39, 0.29) is 0 Å². The van der Waals surface area contributed by atoms with Crippen LogP contribution in [0.4, 0.5) is 0 Å². The third-order valence-corrected chi connectivity index (χ3v) is 3.22. The Bertz CT molecular complexity index is 416. The smallest absolute Gasteiger partial charge is 0.175 e. The minimum absolute atomic E-state index is 0.434. The fourth-order valence-corrected chi connectivity index (χ4v) is 2.23. The standard InChI is InChI=1S/C14H22BrNO3/c1-14(2,17)5-6-19-13-11(15)7-10(9-16-3)8-12(13)18-4/h7-8,16-17H,5-6,9H2,1-4H3. The molecule has 5 heteroatoms. The average Bonchev–Trinajstić information content (AvgIpc) is 2.30. The summed E-state index contributed by atoms with van der Waals surface area (Å²) in [5.41, 5.74) is 0.382. The summed E-state index contributed by atoms with van der Waals surface area (Å²) in [6.45, 7) is 4.72. The molecule has 4 nitrogen and oxygen atoms in total. The quantitative estimate of drug-likeness (QED) is 0.806. The van der Waals surface area contributed by atoms with Gasteiger partial charge in [0.2, 0.25) is 0 Å². The number of ether oxygens (including phenoxy) is 2. The van der Waals surface area contributed by atoms with Crippen molar-refractivity contribution in [2.75, 3.05) is 20.8 Å². The van der Waals surface area contributed by atoms with Crippen LogP contribution in [0.15, 0.2) is 16.6 Å². The summed E-state index contributed by atoms with van der Waals surface area (Å²) in [7, 11) is 3.52. The number of hydrogen-bond acceptors (Lipinski definition) is 4. The van der Waals surface area contributed by atoms with Gasteiger partial charge in [-0.3, -0.25) is 0 Å². The molecule has 0 saturated heterocycles. The van der Waals surface area contributed by atoms with Crippen LogP contribution in [0.25, 0.3) is 0 Å². The van der Waals surface area contributed by atoms with Crippen molar-refractivity contribution >= 4 is 15.9 Å². The summed E-state index contributed by atoms with van der Waals surface area (Å²) in [4.78, 5) is 0. The van der Waals surface area contributed by atoms with E-state index in [1.54, 1.807) is 21.0 Å². The molecule has 0 unspecified atom stereocenters. The molecule has 0 spiro atoms. The first-order valence-corrected chi connectivity index (χ1v) is 7.03. The lowest BCUT2D eigenvalue weighted by molar-refractivity contribution is 0.0548. The Hall–Kier alpha value is -0.780. The highest BCUT2D eigenvalue weighted by molar-refractivity contribution is 9.10. The lowest BCUT2D eigenvalue weighted by Gasteiger charge is -2.19. The zero-order chi connectivity index (χ0) is 14.5. The van der Waals surface area contributed by atoms with Gasteiger partial charge < -0.3 is 19.9 Å². The first-order valence-electron chi connectivity index (χ1n) is 6.23. The van der Waals surface area contributed by atoms with Crippen LogP contribution in [-0.4, -0.2) is 31.5 Å². The van der Waals surface area contributed by atoms with Crippen molar-refractivity contribution in [2.45, 2.75) is 32.4 Å². The summed E-state index contributed by atoms with van der Waals surface area (Å²) in [5.74, 6) is 1.36. The maximum Gasteiger partial charge on any atom is 0.175 e. The number of benzene rings is 1. The largest absolute Gasteiger partial charge is 0.493 e. The maximum atomic E-state index is 9.67. The summed E-state index contributed by atoms with van der Waals surface area (Å²) in [5, 5.41) is 12.8. The molecule has 0 amide bonds. The van der Waals surface area contributed by atoms with Crippen molar-refractivity contribution < 1.29 is 14.6 Å². The SMILES string of the molecule is CNCc1cc(Br)c(OCCC(C)(C)O)c(OC)c1. The van der Waals surface area contributed by atoms with E-state index in [0.717, 1.165) is 16.6 Å². The molecule has 0 aromatic heterocycles. The van der Waals surface area contributed by atoms with Crippen molar-refractivity contribution in [3.05, 3.63) is 22.2 Å². The van der Waals surface area contributed by atoms with Crippen LogP contribution >= 0.6 is 15.9 Å². The first kappa shape index (κ1) is 16.3. The van der Waals surface area contributed by atoms with Gasteiger partial charge in [0, 0.05) is 13.0 Å². The highest BCUT2D eigenvalue weighted by atomic mass is 79.9. The van der Waals surface area contributed by atoms with Gasteiger partial charge in [0.05, 0.1) is 23.8 Å². The Morgan fingerprint density at radius 3 is 2.58 bits per heavy atom. The molecule has 1 aromatic carbocycles. The first-order chi connectivity index (χ1) is 8.87. The van der Waals surface area contributed by atoms with Gasteiger partial charge in [0.15, 0.2) is 11.5 Å². The maximum absolute atomic E-state index is 9.67. The molecular formula is C14H22BrNO3. The normalized spacial score (nSPS) is 11.5. The molecule has 0 atom stereocenters. The Balaban J connectivity index is 2.82. The molecule has 19 heavy (non-hydrogen) atoms. The summed E-state index contributed by atoms with van der Waals surface area (Å²) in [6.07, 6.45) is 0.556. The number of halogens is 1. The van der Waals surface area contributed by atoms with E-state index in [9.17, 15) is 5.11 Å². The molecule has 1 aromatic rings. The van der Waals surface area contributed by atoms with Gasteiger partial charge in [-0.1, -0.05) is 0 Å². The van der Waals surface area contributed by atoms with E-state index < -0.39 is 5.60 Å². The molecule has 108 valence electrons. The number of aliphatic hydroxyl groups is 1. The lowest BCUT2D eigenvalue weighted by atomic mass is 10.1. The number of rotatable bonds is 7. The van der Waals surface area contributed by atoms with Crippen LogP contribution in [0.3, 0.4) is 0 Å². The van der Waals surface area contributed by atoms with Crippen LogP contribution in [0, 0.1) is 0 Å². The fourth-order valence-electron chi connectivity index (χ4n) is 1.62. The van der Waals surface area contributed by atoms with Crippen LogP contribution in [0.2, 0.25) is 0 Å². The molecule has 0 fully saturated rings. The Kier molecular flexibility index (Phi) is 6.10. The van der Waals surface area contributed by atoms with Crippen LogP contribution in [0.1, 0.15) is 25.8 Å². The zero-order valence-electron chi connectivity index (χ0n) is 11.9. The van der Waals surface area contributed by atoms with Gasteiger partial charge in [0.1, 0.15) is 0 Å². The minimum Gasteiger partial charge on any atom is -0.493 e. The molecule has 0 aliphatic heterocycles. The van der Waals surface area contributed by atoms with Gasteiger partial charge in [-0.25, -0.2) is 0 Å². The third kappa shape index (κ3) is 5.38. The minimum atomic E-state index is -0.730. The van der Waals surface area contributed by atoms with Crippen molar-refractivity contribution in [3.63, 3.8) is 0 Å². The molecule has 0 saturated carbocycles. The second-order valence-electron chi connectivity index (χ2n) is 5.05. The highest BCUT2D eigenvalue weighted by Crippen LogP contribution is 2.36. The highest BCUT2D eigenvalue weighted by Gasteiger charge is 2.15. The van der Waals surface area contributed by atoms with Gasteiger partial charge in [-0.15, -0.1) is 0 Å². The molecule has 2 N–H and O–H groups in total. The zero-order valence-corrected chi connectivity index (χ0v) is 13.5. The Labute approximate surface area is 123 Å². The van der Waals surface area contributed by atoms with Crippen molar-refractivity contribution in [1.82, 2.24) is 5.32 Å². The van der Waals surface area contributed by atoms with E-state index in [1.807, 2.05) is 19.2 Å². The van der Waals surface area contributed by atoms with E-state index in [4.69, 9.17) is 9.47 Å². The fraction of sp³-hybridized carbons (Fsp3) is 0.571. The van der Waals surface area contributed by atoms with E-state index >= 15 is 0 Å². The molecule has 0 aliphatic carbocycles. The number of hydrogen-bond donors (Lipinski definition) is 2. The average molecular weight is 332 g/mol. The third-order valence-electron chi connectivity index (χ3n) is 2.63. The van der Waals surface area contributed by atoms with Crippen molar-refractivity contribution in [2.24, 2.45) is 0 Å². The monoisotopic (exact) mass is 331 g/mol. The van der Waals surface area contributed by atoms with Crippen molar-refractivity contribution in [3.8, 4) is 11.5 Å². The Morgan fingerprint density at radius 1 is 1.37 bits per heavy atom. The molecular weight excluding hydrogens is 310 g/mol. The predicted octanol–water partition coefficient (Wildman–Crippen LogP) is 2.72. The second-order valence-corrected chi connectivity index (χ2v) is 5.90. The Morgan fingerprint density at radius 2 is 2.05 bits per heavy atom. The van der Waals surface area contributed by atoms with Crippen LogP contribution < -0.4 is 14.8 Å². The van der Waals surface area contributed by atoms with Crippen LogP contribution in [0.5, 0.6) is 11.5 Å². The summed E-state index contributed by atoms with van der Waals surface area (Å²) in [6, 6.07) is 3.94.